The van der Waals surface area contributed by atoms with Crippen LogP contribution in [0.15, 0.2) is 199 Å². The largest absolute Gasteiger partial charge is 0.452 e. The summed E-state index contributed by atoms with van der Waals surface area (Å²) in [5, 5.41) is 8.21. The lowest BCUT2D eigenvalue weighted by atomic mass is 9.87. The third kappa shape index (κ3) is 4.61. The van der Waals surface area contributed by atoms with Crippen molar-refractivity contribution in [3.63, 3.8) is 0 Å². The Balaban J connectivity index is 1.09. The quantitative estimate of drug-likeness (QED) is 0.180. The minimum absolute atomic E-state index is 0.631. The summed E-state index contributed by atoms with van der Waals surface area (Å²) in [6.07, 6.45) is 0. The highest BCUT2D eigenvalue weighted by Gasteiger charge is 2.30. The molecule has 274 valence electrons. The molecule has 12 aromatic rings. The second-order valence-corrected chi connectivity index (χ2v) is 15.3. The van der Waals surface area contributed by atoms with Crippen LogP contribution in [0.3, 0.4) is 0 Å². The van der Waals surface area contributed by atoms with Gasteiger partial charge in [0.1, 0.15) is 16.8 Å². The van der Waals surface area contributed by atoms with Gasteiger partial charge in [-0.15, -0.1) is 0 Å². The van der Waals surface area contributed by atoms with E-state index in [9.17, 15) is 0 Å². The minimum atomic E-state index is 0.631. The molecule has 0 bridgehead atoms. The van der Waals surface area contributed by atoms with Gasteiger partial charge in [0, 0.05) is 43.9 Å². The Bertz CT molecular complexity index is 3690. The summed E-state index contributed by atoms with van der Waals surface area (Å²) in [6.45, 7) is 0. The van der Waals surface area contributed by atoms with Gasteiger partial charge in [-0.2, -0.15) is 0 Å². The lowest BCUT2D eigenvalue weighted by Crippen LogP contribution is -2.16. The maximum atomic E-state index is 6.68. The van der Waals surface area contributed by atoms with Crippen LogP contribution >= 0.6 is 0 Å². The fraction of sp³-hybridized carbons (Fsp3) is 0. The molecule has 0 amide bonds. The van der Waals surface area contributed by atoms with E-state index in [4.69, 9.17) is 14.4 Å². The summed E-state index contributed by atoms with van der Waals surface area (Å²) >= 11 is 0. The first-order valence-electron chi connectivity index (χ1n) is 20.0. The fourth-order valence-corrected chi connectivity index (χ4v) is 9.57. The summed E-state index contributed by atoms with van der Waals surface area (Å²) in [5.41, 5.74) is 14.0. The molecule has 9 aromatic carbocycles. The van der Waals surface area contributed by atoms with Crippen LogP contribution in [0.25, 0.3) is 105 Å². The number of hydrogen-bond acceptors (Lipinski definition) is 4. The van der Waals surface area contributed by atoms with Crippen molar-refractivity contribution in [1.82, 2.24) is 14.5 Å². The number of furan rings is 1. The van der Waals surface area contributed by atoms with Crippen molar-refractivity contribution >= 4 is 82.5 Å². The highest BCUT2D eigenvalue weighted by Crippen LogP contribution is 2.54. The van der Waals surface area contributed by atoms with Crippen LogP contribution in [0.5, 0.6) is 0 Å². The molecule has 0 radical (unpaired) electrons. The number of rotatable bonds is 4. The zero-order chi connectivity index (χ0) is 38.6. The Morgan fingerprint density at radius 1 is 0.441 bits per heavy atom. The summed E-state index contributed by atoms with van der Waals surface area (Å²) in [7, 11) is 0. The van der Waals surface area contributed by atoms with Gasteiger partial charge in [-0.25, -0.2) is 9.97 Å². The van der Waals surface area contributed by atoms with Gasteiger partial charge in [-0.1, -0.05) is 133 Å². The van der Waals surface area contributed by atoms with Crippen LogP contribution in [0, 0.1) is 0 Å². The van der Waals surface area contributed by atoms with Gasteiger partial charge < -0.3 is 13.9 Å². The maximum Gasteiger partial charge on any atom is 0.180 e. The molecule has 0 atom stereocenters. The van der Waals surface area contributed by atoms with Crippen molar-refractivity contribution < 1.29 is 4.42 Å². The van der Waals surface area contributed by atoms with E-state index in [1.54, 1.807) is 0 Å². The van der Waals surface area contributed by atoms with Crippen LogP contribution in [-0.4, -0.2) is 14.5 Å². The van der Waals surface area contributed by atoms with Crippen molar-refractivity contribution in [2.24, 2.45) is 0 Å². The first-order valence-corrected chi connectivity index (χ1v) is 20.0. The summed E-state index contributed by atoms with van der Waals surface area (Å²) in [4.78, 5) is 13.3. The van der Waals surface area contributed by atoms with Gasteiger partial charge in [-0.05, 0) is 82.4 Å². The van der Waals surface area contributed by atoms with Crippen molar-refractivity contribution in [2.45, 2.75) is 0 Å². The smallest absolute Gasteiger partial charge is 0.180 e. The van der Waals surface area contributed by atoms with E-state index in [0.717, 1.165) is 67.1 Å². The van der Waals surface area contributed by atoms with Crippen molar-refractivity contribution in [3.05, 3.63) is 194 Å². The van der Waals surface area contributed by atoms with Crippen LogP contribution in [0.4, 0.5) is 17.1 Å². The molecule has 0 aliphatic carbocycles. The number of para-hydroxylation sites is 4. The Morgan fingerprint density at radius 2 is 1.14 bits per heavy atom. The van der Waals surface area contributed by atoms with Gasteiger partial charge in [0.2, 0.25) is 0 Å². The van der Waals surface area contributed by atoms with E-state index in [2.05, 4.69) is 185 Å². The molecule has 0 unspecified atom stereocenters. The SMILES string of the molecule is c1ccc(-n2c3ccccc3c3ccc(-c4nc(-c5ccccc5N5c6ccc7ccccc7c6-c6cccc7cccc5c67)nc5c4oc4ccccc45)cc32)cc1. The second-order valence-electron chi connectivity index (χ2n) is 15.3. The summed E-state index contributed by atoms with van der Waals surface area (Å²) in [6, 6.07) is 69.0. The standard InChI is InChI=1S/C54H32N4O/c1-2-17-36(18-3-1)57-43-24-9-6-20-38(43)39-30-28-35(32-47(39)57)51-53-52(41-22-8-11-27-48(41)59-53)56-54(55-51)40-21-7-10-25-44(40)58-45-26-13-16-34-15-12-23-42(49(34)45)50-37-19-5-4-14-33(37)29-31-46(50)58/h1-32H. The zero-order valence-electron chi connectivity index (χ0n) is 31.7. The van der Waals surface area contributed by atoms with Crippen LogP contribution in [-0.2, 0) is 0 Å². The molecule has 13 rings (SSSR count). The molecular weight excluding hydrogens is 721 g/mol. The molecule has 4 heterocycles. The second kappa shape index (κ2) is 12.2. The van der Waals surface area contributed by atoms with E-state index in [0.29, 0.717) is 11.4 Å². The Hall–Kier alpha value is -8.02. The van der Waals surface area contributed by atoms with Crippen LogP contribution in [0.2, 0.25) is 0 Å². The average Bonchev–Trinajstić information content (AvgIpc) is 3.84. The normalized spacial score (nSPS) is 12.4. The van der Waals surface area contributed by atoms with Crippen LogP contribution in [0.1, 0.15) is 0 Å². The monoisotopic (exact) mass is 752 g/mol. The van der Waals surface area contributed by atoms with Crippen LogP contribution < -0.4 is 4.90 Å². The fourth-order valence-electron chi connectivity index (χ4n) is 9.57. The van der Waals surface area contributed by atoms with Gasteiger partial charge in [0.25, 0.3) is 0 Å². The van der Waals surface area contributed by atoms with Gasteiger partial charge in [-0.3, -0.25) is 0 Å². The lowest BCUT2D eigenvalue weighted by Gasteiger charge is -2.35. The highest BCUT2D eigenvalue weighted by atomic mass is 16.3. The molecule has 1 aliphatic rings. The number of anilines is 3. The van der Waals surface area contributed by atoms with Gasteiger partial charge in [0.05, 0.1) is 28.1 Å². The summed E-state index contributed by atoms with van der Waals surface area (Å²) in [5.74, 6) is 0.631. The molecule has 5 heteroatoms. The maximum absolute atomic E-state index is 6.68. The van der Waals surface area contributed by atoms with Gasteiger partial charge >= 0.3 is 0 Å². The first kappa shape index (κ1) is 32.1. The number of nitrogens with zero attached hydrogens (tertiary/aromatic N) is 4. The molecule has 0 fully saturated rings. The topological polar surface area (TPSA) is 47.1 Å². The number of hydrogen-bond donors (Lipinski definition) is 0. The van der Waals surface area contributed by atoms with E-state index < -0.39 is 0 Å². The summed E-state index contributed by atoms with van der Waals surface area (Å²) < 4.78 is 9.03. The highest BCUT2D eigenvalue weighted by molar-refractivity contribution is 6.20. The lowest BCUT2D eigenvalue weighted by molar-refractivity contribution is 0.667. The molecule has 59 heavy (non-hydrogen) atoms. The van der Waals surface area contributed by atoms with Crippen molar-refractivity contribution in [2.75, 3.05) is 4.90 Å². The molecule has 0 spiro atoms. The zero-order valence-corrected chi connectivity index (χ0v) is 31.7. The van der Waals surface area contributed by atoms with E-state index in [1.807, 2.05) is 18.2 Å². The molecule has 0 N–H and O–H groups in total. The molecule has 0 saturated carbocycles. The van der Waals surface area contributed by atoms with Crippen molar-refractivity contribution in [3.8, 4) is 39.5 Å². The molecular formula is C54H32N4O. The third-order valence-electron chi connectivity index (χ3n) is 12.1. The number of benzene rings is 9. The predicted octanol–water partition coefficient (Wildman–Crippen LogP) is 14.6. The van der Waals surface area contributed by atoms with Crippen molar-refractivity contribution in [1.29, 1.82) is 0 Å². The third-order valence-corrected chi connectivity index (χ3v) is 12.1. The Morgan fingerprint density at radius 3 is 2.05 bits per heavy atom. The molecule has 5 nitrogen and oxygen atoms in total. The predicted molar refractivity (Wildman–Crippen MR) is 243 cm³/mol. The Kier molecular flexibility index (Phi) is 6.66. The molecule has 1 aliphatic heterocycles. The van der Waals surface area contributed by atoms with E-state index >= 15 is 0 Å². The van der Waals surface area contributed by atoms with Gasteiger partial charge in [0.15, 0.2) is 11.4 Å². The number of fused-ring (bicyclic) bond motifs is 10. The number of aromatic nitrogens is 3. The van der Waals surface area contributed by atoms with E-state index in [1.165, 1.54) is 43.4 Å². The Labute approximate surface area is 338 Å². The average molecular weight is 753 g/mol. The first-order chi connectivity index (χ1) is 29.3. The molecule has 0 saturated heterocycles. The van der Waals surface area contributed by atoms with E-state index in [-0.39, 0.29) is 0 Å². The minimum Gasteiger partial charge on any atom is -0.452 e. The molecule has 3 aromatic heterocycles.